The minimum absolute atomic E-state index is 0.0366. The van der Waals surface area contributed by atoms with Crippen molar-refractivity contribution in [2.45, 2.75) is 62.9 Å². The SMILES string of the molecule is COc1ccc(SCCCC(=O)Nc2sc3c(c2C#N)CC(C)(C)NC3(C)C)cc1. The molecule has 0 atom stereocenters. The third-order valence-corrected chi connectivity index (χ3v) is 7.65. The summed E-state index contributed by atoms with van der Waals surface area (Å²) in [6, 6.07) is 10.3. The van der Waals surface area contributed by atoms with E-state index in [4.69, 9.17) is 4.74 Å². The molecule has 1 aromatic heterocycles. The van der Waals surface area contributed by atoms with Gasteiger partial charge >= 0.3 is 0 Å². The highest BCUT2D eigenvalue weighted by molar-refractivity contribution is 7.99. The van der Waals surface area contributed by atoms with Crippen LogP contribution in [0, 0.1) is 11.3 Å². The summed E-state index contributed by atoms with van der Waals surface area (Å²) >= 11 is 3.25. The van der Waals surface area contributed by atoms with Gasteiger partial charge in [0.05, 0.1) is 12.7 Å². The van der Waals surface area contributed by atoms with Gasteiger partial charge in [-0.2, -0.15) is 5.26 Å². The maximum Gasteiger partial charge on any atom is 0.225 e. The van der Waals surface area contributed by atoms with Crippen LogP contribution in [-0.2, 0) is 16.8 Å². The predicted molar refractivity (Wildman–Crippen MR) is 125 cm³/mol. The van der Waals surface area contributed by atoms with E-state index in [0.29, 0.717) is 17.0 Å². The minimum Gasteiger partial charge on any atom is -0.497 e. The van der Waals surface area contributed by atoms with E-state index in [9.17, 15) is 10.1 Å². The number of nitriles is 1. The van der Waals surface area contributed by atoms with Crippen LogP contribution in [-0.4, -0.2) is 24.3 Å². The second-order valence-electron chi connectivity index (χ2n) is 8.71. The molecule has 0 aliphatic carbocycles. The van der Waals surface area contributed by atoms with Crippen molar-refractivity contribution in [1.82, 2.24) is 5.32 Å². The van der Waals surface area contributed by atoms with Crippen molar-refractivity contribution in [3.63, 3.8) is 0 Å². The Hall–Kier alpha value is -2.01. The third-order valence-electron chi connectivity index (χ3n) is 5.09. The van der Waals surface area contributed by atoms with Crippen LogP contribution in [0.15, 0.2) is 29.2 Å². The van der Waals surface area contributed by atoms with E-state index in [1.54, 1.807) is 18.9 Å². The van der Waals surface area contributed by atoms with Crippen LogP contribution in [0.25, 0.3) is 0 Å². The van der Waals surface area contributed by atoms with Gasteiger partial charge in [-0.05, 0) is 76.1 Å². The van der Waals surface area contributed by atoms with Gasteiger partial charge in [0.1, 0.15) is 16.8 Å². The Balaban J connectivity index is 1.59. The first-order valence-electron chi connectivity index (χ1n) is 10.1. The van der Waals surface area contributed by atoms with Crippen LogP contribution in [0.4, 0.5) is 5.00 Å². The predicted octanol–water partition coefficient (Wildman–Crippen LogP) is 5.30. The van der Waals surface area contributed by atoms with E-state index in [1.807, 2.05) is 24.3 Å². The van der Waals surface area contributed by atoms with Gasteiger partial charge in [0.25, 0.3) is 0 Å². The van der Waals surface area contributed by atoms with E-state index in [-0.39, 0.29) is 17.0 Å². The Bertz CT molecular complexity index is 956. The molecular formula is C23H29N3O2S2. The molecule has 0 unspecified atom stereocenters. The number of thioether (sulfide) groups is 1. The zero-order valence-corrected chi connectivity index (χ0v) is 19.9. The fraction of sp³-hybridized carbons (Fsp3) is 0.478. The number of nitrogens with zero attached hydrogens (tertiary/aromatic N) is 1. The Labute approximate surface area is 187 Å². The van der Waals surface area contributed by atoms with Crippen molar-refractivity contribution >= 4 is 34.0 Å². The number of rotatable bonds is 7. The summed E-state index contributed by atoms with van der Waals surface area (Å²) in [4.78, 5) is 14.8. The first kappa shape index (κ1) is 22.7. The number of amides is 1. The molecule has 0 saturated heterocycles. The van der Waals surface area contributed by atoms with Crippen LogP contribution >= 0.6 is 23.1 Å². The van der Waals surface area contributed by atoms with Crippen LogP contribution in [0.2, 0.25) is 0 Å². The summed E-state index contributed by atoms with van der Waals surface area (Å²) in [5, 5.41) is 17.1. The first-order chi connectivity index (χ1) is 14.1. The number of carbonyl (C=O) groups is 1. The van der Waals surface area contributed by atoms with Crippen molar-refractivity contribution in [3.05, 3.63) is 40.3 Å². The van der Waals surface area contributed by atoms with E-state index < -0.39 is 0 Å². The summed E-state index contributed by atoms with van der Waals surface area (Å²) in [5.74, 6) is 1.66. The number of ether oxygens (including phenoxy) is 1. The number of thiophene rings is 1. The quantitative estimate of drug-likeness (QED) is 0.449. The Morgan fingerprint density at radius 3 is 2.63 bits per heavy atom. The average molecular weight is 444 g/mol. The molecule has 3 rings (SSSR count). The molecule has 1 aliphatic rings. The zero-order valence-electron chi connectivity index (χ0n) is 18.2. The molecule has 5 nitrogen and oxygen atoms in total. The van der Waals surface area contributed by atoms with E-state index in [0.717, 1.165) is 39.7 Å². The number of hydrogen-bond donors (Lipinski definition) is 2. The van der Waals surface area contributed by atoms with Crippen molar-refractivity contribution in [2.24, 2.45) is 0 Å². The maximum atomic E-state index is 12.5. The average Bonchev–Trinajstić information content (AvgIpc) is 3.01. The molecule has 1 aromatic carbocycles. The number of anilines is 1. The molecule has 0 spiro atoms. The number of benzene rings is 1. The van der Waals surface area contributed by atoms with Crippen molar-refractivity contribution < 1.29 is 9.53 Å². The molecule has 1 aliphatic heterocycles. The fourth-order valence-electron chi connectivity index (χ4n) is 4.02. The highest BCUT2D eigenvalue weighted by atomic mass is 32.2. The number of fused-ring (bicyclic) bond motifs is 1. The highest BCUT2D eigenvalue weighted by Crippen LogP contribution is 2.44. The molecule has 2 aromatic rings. The van der Waals surface area contributed by atoms with Gasteiger partial charge in [-0.1, -0.05) is 0 Å². The molecular weight excluding hydrogens is 414 g/mol. The van der Waals surface area contributed by atoms with Crippen LogP contribution in [0.3, 0.4) is 0 Å². The number of methoxy groups -OCH3 is 1. The van der Waals surface area contributed by atoms with Gasteiger partial charge in [0.15, 0.2) is 0 Å². The van der Waals surface area contributed by atoms with Crippen molar-refractivity contribution in [1.29, 1.82) is 5.26 Å². The van der Waals surface area contributed by atoms with Gasteiger partial charge in [0, 0.05) is 27.3 Å². The van der Waals surface area contributed by atoms with Gasteiger partial charge < -0.3 is 15.4 Å². The fourth-order valence-corrected chi connectivity index (χ4v) is 6.11. The monoisotopic (exact) mass is 443 g/mol. The van der Waals surface area contributed by atoms with Gasteiger partial charge in [-0.15, -0.1) is 23.1 Å². The lowest BCUT2D eigenvalue weighted by atomic mass is 9.81. The summed E-state index contributed by atoms with van der Waals surface area (Å²) in [7, 11) is 1.65. The Kier molecular flexibility index (Phi) is 6.81. The normalized spacial score (nSPS) is 16.4. The molecule has 7 heteroatoms. The summed E-state index contributed by atoms with van der Waals surface area (Å²) in [6.07, 6.45) is 1.98. The minimum atomic E-state index is -0.231. The van der Waals surface area contributed by atoms with E-state index in [2.05, 4.69) is 44.4 Å². The van der Waals surface area contributed by atoms with Gasteiger partial charge in [-0.25, -0.2) is 0 Å². The smallest absolute Gasteiger partial charge is 0.225 e. The second kappa shape index (κ2) is 9.01. The maximum absolute atomic E-state index is 12.5. The Morgan fingerprint density at radius 1 is 1.30 bits per heavy atom. The molecule has 2 N–H and O–H groups in total. The molecule has 0 fully saturated rings. The van der Waals surface area contributed by atoms with Crippen molar-refractivity contribution in [3.8, 4) is 11.8 Å². The lowest BCUT2D eigenvalue weighted by Crippen LogP contribution is -2.54. The third kappa shape index (κ3) is 5.18. The van der Waals surface area contributed by atoms with Crippen molar-refractivity contribution in [2.75, 3.05) is 18.2 Å². The zero-order chi connectivity index (χ0) is 21.9. The highest BCUT2D eigenvalue weighted by Gasteiger charge is 2.40. The molecule has 0 saturated carbocycles. The lowest BCUT2D eigenvalue weighted by molar-refractivity contribution is -0.116. The molecule has 0 radical (unpaired) electrons. The molecule has 2 heterocycles. The van der Waals surface area contributed by atoms with E-state index in [1.165, 1.54) is 11.3 Å². The van der Waals surface area contributed by atoms with Gasteiger partial charge in [-0.3, -0.25) is 4.79 Å². The summed E-state index contributed by atoms with van der Waals surface area (Å²) in [5.41, 5.74) is 1.37. The van der Waals surface area contributed by atoms with Crippen LogP contribution < -0.4 is 15.4 Å². The van der Waals surface area contributed by atoms with Crippen LogP contribution in [0.5, 0.6) is 5.75 Å². The summed E-state index contributed by atoms with van der Waals surface area (Å²) in [6.45, 7) is 8.56. The lowest BCUT2D eigenvalue weighted by Gasteiger charge is -2.42. The van der Waals surface area contributed by atoms with Gasteiger partial charge in [0.2, 0.25) is 5.91 Å². The molecule has 30 heavy (non-hydrogen) atoms. The second-order valence-corrected chi connectivity index (χ2v) is 10.9. The van der Waals surface area contributed by atoms with E-state index >= 15 is 0 Å². The first-order valence-corrected chi connectivity index (χ1v) is 11.9. The largest absolute Gasteiger partial charge is 0.497 e. The number of nitrogens with one attached hydrogen (secondary N) is 2. The standard InChI is InChI=1S/C23H29N3O2S2/c1-22(2)13-17-18(14-24)21(30-20(17)23(3,4)26-22)25-19(27)7-6-12-29-16-10-8-15(28-5)9-11-16/h8-11,26H,6-7,12-13H2,1-5H3,(H,25,27). The number of hydrogen-bond acceptors (Lipinski definition) is 6. The number of carbonyl (C=O) groups excluding carboxylic acids is 1. The topological polar surface area (TPSA) is 74.1 Å². The molecule has 0 bridgehead atoms. The molecule has 160 valence electrons. The Morgan fingerprint density at radius 2 is 2.00 bits per heavy atom. The van der Waals surface area contributed by atoms with Crippen LogP contribution in [0.1, 0.15) is 56.5 Å². The summed E-state index contributed by atoms with van der Waals surface area (Å²) < 4.78 is 5.17. The molecule has 1 amide bonds.